The summed E-state index contributed by atoms with van der Waals surface area (Å²) in [7, 11) is -3.32. The molecule has 0 aromatic rings. The van der Waals surface area contributed by atoms with Crippen LogP contribution in [0.3, 0.4) is 0 Å². The minimum atomic E-state index is -3.32. The van der Waals surface area contributed by atoms with Crippen LogP contribution < -0.4 is 10.5 Å². The third-order valence-electron chi connectivity index (χ3n) is 2.84. The number of piperidine rings is 1. The number of hydrogen-bond acceptors (Lipinski definition) is 3. The minimum absolute atomic E-state index is 0.00610. The zero-order valence-electron chi connectivity index (χ0n) is 10.3. The Morgan fingerprint density at radius 2 is 2.12 bits per heavy atom. The van der Waals surface area contributed by atoms with Crippen molar-refractivity contribution in [1.82, 2.24) is 9.03 Å². The molecule has 6 heteroatoms. The van der Waals surface area contributed by atoms with Gasteiger partial charge in [0.05, 0.1) is 0 Å². The average molecular weight is 249 g/mol. The van der Waals surface area contributed by atoms with Crippen molar-refractivity contribution in [2.75, 3.05) is 13.1 Å². The summed E-state index contributed by atoms with van der Waals surface area (Å²) in [5.41, 5.74) is 5.81. The van der Waals surface area contributed by atoms with Crippen LogP contribution in [0.25, 0.3) is 0 Å². The first kappa shape index (κ1) is 13.9. The number of nitrogens with two attached hydrogens (primary N) is 1. The summed E-state index contributed by atoms with van der Waals surface area (Å²) < 4.78 is 28.1. The summed E-state index contributed by atoms with van der Waals surface area (Å²) in [6.07, 6.45) is 1.48. The highest BCUT2D eigenvalue weighted by molar-refractivity contribution is 7.87. The summed E-state index contributed by atoms with van der Waals surface area (Å²) >= 11 is 0. The second-order valence-electron chi connectivity index (χ2n) is 4.99. The zero-order valence-corrected chi connectivity index (χ0v) is 11.1. The number of hydrogen-bond donors (Lipinski definition) is 2. The maximum Gasteiger partial charge on any atom is 0.279 e. The summed E-state index contributed by atoms with van der Waals surface area (Å²) in [4.78, 5) is 0. The highest BCUT2D eigenvalue weighted by Crippen LogP contribution is 2.18. The van der Waals surface area contributed by atoms with Crippen molar-refractivity contribution >= 4 is 10.2 Å². The van der Waals surface area contributed by atoms with Gasteiger partial charge < -0.3 is 5.73 Å². The molecule has 1 fully saturated rings. The molecule has 5 nitrogen and oxygen atoms in total. The number of nitrogens with zero attached hydrogens (tertiary/aromatic N) is 1. The molecule has 0 aromatic heterocycles. The molecular formula is C10H23N3O2S. The van der Waals surface area contributed by atoms with Gasteiger partial charge in [0.1, 0.15) is 0 Å². The first-order valence-corrected chi connectivity index (χ1v) is 7.29. The largest absolute Gasteiger partial charge is 0.328 e. The first-order chi connectivity index (χ1) is 7.33. The van der Waals surface area contributed by atoms with Gasteiger partial charge in [-0.2, -0.15) is 12.7 Å². The van der Waals surface area contributed by atoms with Gasteiger partial charge in [0.2, 0.25) is 0 Å². The molecule has 1 heterocycles. The topological polar surface area (TPSA) is 75.4 Å². The lowest BCUT2D eigenvalue weighted by atomic mass is 10.0. The van der Waals surface area contributed by atoms with E-state index in [0.29, 0.717) is 19.0 Å². The van der Waals surface area contributed by atoms with Crippen LogP contribution in [0.2, 0.25) is 0 Å². The van der Waals surface area contributed by atoms with Gasteiger partial charge in [-0.3, -0.25) is 0 Å². The molecule has 2 unspecified atom stereocenters. The fraction of sp³-hybridized carbons (Fsp3) is 1.00. The van der Waals surface area contributed by atoms with E-state index < -0.39 is 10.2 Å². The quantitative estimate of drug-likeness (QED) is 0.752. The minimum Gasteiger partial charge on any atom is -0.328 e. The molecule has 96 valence electrons. The summed E-state index contributed by atoms with van der Waals surface area (Å²) in [6, 6.07) is 0.125. The molecule has 1 aliphatic rings. The van der Waals surface area contributed by atoms with Crippen molar-refractivity contribution < 1.29 is 8.42 Å². The Bertz CT molecular complexity index is 316. The SMILES string of the molecule is CC(C)CNS(=O)(=O)N1CCC(N)CC1C. The highest BCUT2D eigenvalue weighted by Gasteiger charge is 2.31. The Balaban J connectivity index is 2.61. The van der Waals surface area contributed by atoms with Crippen molar-refractivity contribution in [3.8, 4) is 0 Å². The molecule has 1 aliphatic heterocycles. The van der Waals surface area contributed by atoms with Crippen LogP contribution in [0.1, 0.15) is 33.6 Å². The maximum atomic E-state index is 12.0. The normalized spacial score (nSPS) is 28.6. The molecule has 0 spiro atoms. The number of nitrogens with one attached hydrogen (secondary N) is 1. The van der Waals surface area contributed by atoms with Crippen LogP contribution in [-0.2, 0) is 10.2 Å². The third-order valence-corrected chi connectivity index (χ3v) is 4.53. The van der Waals surface area contributed by atoms with Gasteiger partial charge in [0.15, 0.2) is 0 Å². The van der Waals surface area contributed by atoms with Crippen LogP contribution in [0, 0.1) is 5.92 Å². The highest BCUT2D eigenvalue weighted by atomic mass is 32.2. The van der Waals surface area contributed by atoms with Gasteiger partial charge in [-0.25, -0.2) is 4.72 Å². The van der Waals surface area contributed by atoms with E-state index in [1.165, 1.54) is 4.31 Å². The van der Waals surface area contributed by atoms with Gasteiger partial charge >= 0.3 is 0 Å². The maximum absolute atomic E-state index is 12.0. The summed E-state index contributed by atoms with van der Waals surface area (Å²) in [5.74, 6) is 0.317. The molecule has 1 saturated heterocycles. The van der Waals surface area contributed by atoms with E-state index in [1.54, 1.807) is 0 Å². The molecule has 0 aromatic carbocycles. The Morgan fingerprint density at radius 3 is 2.62 bits per heavy atom. The monoisotopic (exact) mass is 249 g/mol. The van der Waals surface area contributed by atoms with Gasteiger partial charge in [0, 0.05) is 25.2 Å². The predicted molar refractivity (Wildman–Crippen MR) is 65.1 cm³/mol. The zero-order chi connectivity index (χ0) is 12.3. The van der Waals surface area contributed by atoms with E-state index in [4.69, 9.17) is 5.73 Å². The molecule has 2 atom stereocenters. The molecule has 0 radical (unpaired) electrons. The van der Waals surface area contributed by atoms with Crippen molar-refractivity contribution in [2.45, 2.75) is 45.7 Å². The van der Waals surface area contributed by atoms with Gasteiger partial charge in [-0.15, -0.1) is 0 Å². The van der Waals surface area contributed by atoms with Crippen molar-refractivity contribution in [3.05, 3.63) is 0 Å². The van der Waals surface area contributed by atoms with E-state index in [9.17, 15) is 8.42 Å². The van der Waals surface area contributed by atoms with Crippen molar-refractivity contribution in [1.29, 1.82) is 0 Å². The smallest absolute Gasteiger partial charge is 0.279 e. The van der Waals surface area contributed by atoms with Crippen LogP contribution in [-0.4, -0.2) is 37.9 Å². The molecule has 0 saturated carbocycles. The Hall–Kier alpha value is -0.170. The van der Waals surface area contributed by atoms with E-state index in [1.807, 2.05) is 20.8 Å². The first-order valence-electron chi connectivity index (χ1n) is 5.85. The predicted octanol–water partition coefficient (Wildman–Crippen LogP) is 0.288. The standard InChI is InChI=1S/C10H23N3O2S/c1-8(2)7-12-16(14,15)13-5-4-10(11)6-9(13)3/h8-10,12H,4-7,11H2,1-3H3. The van der Waals surface area contributed by atoms with Crippen molar-refractivity contribution in [3.63, 3.8) is 0 Å². The molecule has 0 aliphatic carbocycles. The summed E-state index contributed by atoms with van der Waals surface area (Å²) in [5, 5.41) is 0. The fourth-order valence-electron chi connectivity index (χ4n) is 1.90. The molecule has 0 amide bonds. The molecule has 0 bridgehead atoms. The fourth-order valence-corrected chi connectivity index (χ4v) is 3.51. The van der Waals surface area contributed by atoms with Crippen LogP contribution in [0.15, 0.2) is 0 Å². The number of rotatable bonds is 4. The van der Waals surface area contributed by atoms with Crippen molar-refractivity contribution in [2.24, 2.45) is 11.7 Å². The van der Waals surface area contributed by atoms with Crippen LogP contribution >= 0.6 is 0 Å². The lowest BCUT2D eigenvalue weighted by molar-refractivity contribution is 0.244. The lowest BCUT2D eigenvalue weighted by Crippen LogP contribution is -2.52. The lowest BCUT2D eigenvalue weighted by Gasteiger charge is -2.35. The van der Waals surface area contributed by atoms with Gasteiger partial charge in [-0.05, 0) is 25.7 Å². The van der Waals surface area contributed by atoms with Crippen LogP contribution in [0.4, 0.5) is 0 Å². The Kier molecular flexibility index (Phi) is 4.73. The van der Waals surface area contributed by atoms with Gasteiger partial charge in [-0.1, -0.05) is 13.8 Å². The second kappa shape index (κ2) is 5.44. The molecule has 16 heavy (non-hydrogen) atoms. The molecular weight excluding hydrogens is 226 g/mol. The van der Waals surface area contributed by atoms with E-state index >= 15 is 0 Å². The molecule has 3 N–H and O–H groups in total. The molecule has 1 rings (SSSR count). The Labute approximate surface area is 98.6 Å². The summed E-state index contributed by atoms with van der Waals surface area (Å²) in [6.45, 7) is 6.89. The average Bonchev–Trinajstić information content (AvgIpc) is 2.14. The van der Waals surface area contributed by atoms with E-state index in [0.717, 1.165) is 12.8 Å². The van der Waals surface area contributed by atoms with Crippen LogP contribution in [0.5, 0.6) is 0 Å². The van der Waals surface area contributed by atoms with E-state index in [2.05, 4.69) is 4.72 Å². The second-order valence-corrected chi connectivity index (χ2v) is 6.70. The third kappa shape index (κ3) is 3.69. The van der Waals surface area contributed by atoms with Gasteiger partial charge in [0.25, 0.3) is 10.2 Å². The Morgan fingerprint density at radius 1 is 1.50 bits per heavy atom. The van der Waals surface area contributed by atoms with E-state index in [-0.39, 0.29) is 12.1 Å².